The van der Waals surface area contributed by atoms with Crippen LogP contribution in [0.2, 0.25) is 0 Å². The molecule has 1 fully saturated rings. The third-order valence-corrected chi connectivity index (χ3v) is 5.86. The van der Waals surface area contributed by atoms with Gasteiger partial charge in [-0.05, 0) is 44.1 Å². The van der Waals surface area contributed by atoms with E-state index >= 15 is 0 Å². The van der Waals surface area contributed by atoms with Gasteiger partial charge in [0.2, 0.25) is 5.75 Å². The van der Waals surface area contributed by atoms with Crippen LogP contribution < -0.4 is 10.9 Å². The third-order valence-electron chi connectivity index (χ3n) is 5.86. The van der Waals surface area contributed by atoms with Gasteiger partial charge in [0.25, 0.3) is 5.56 Å². The van der Waals surface area contributed by atoms with E-state index in [1.807, 2.05) is 30.3 Å². The molecule has 0 spiro atoms. The standard InChI is InChI=1S/C22H27N3O7/c1-2-25-18(28)17(27)16(19(29)30)23-20(25)22(10-8-14(12-26)9-11-22)24-21(31)32-13-15-6-4-3-5-7-15/h3-7,14,26-27H,2,8-13H2,1H3,(H,24,31)(H,29,30). The summed E-state index contributed by atoms with van der Waals surface area (Å²) in [5, 5.41) is 31.8. The van der Waals surface area contributed by atoms with Gasteiger partial charge >= 0.3 is 12.1 Å². The highest BCUT2D eigenvalue weighted by molar-refractivity contribution is 5.88. The number of carbonyl (C=O) groups is 2. The van der Waals surface area contributed by atoms with Crippen molar-refractivity contribution in [3.05, 3.63) is 57.8 Å². The number of aromatic hydroxyl groups is 1. The first kappa shape index (κ1) is 23.3. The molecule has 1 saturated carbocycles. The minimum absolute atomic E-state index is 0.0154. The van der Waals surface area contributed by atoms with Crippen LogP contribution in [-0.2, 0) is 23.4 Å². The molecule has 3 rings (SSSR count). The SMILES string of the molecule is CCn1c(C2(NC(=O)OCc3ccccc3)CCC(CO)CC2)nc(C(=O)O)c(O)c1=O. The van der Waals surface area contributed by atoms with Crippen molar-refractivity contribution in [3.63, 3.8) is 0 Å². The van der Waals surface area contributed by atoms with E-state index in [1.165, 1.54) is 4.57 Å². The molecule has 1 aromatic heterocycles. The molecule has 0 unspecified atom stereocenters. The first-order valence-electron chi connectivity index (χ1n) is 10.5. The molecule has 1 aliphatic rings. The first-order chi connectivity index (χ1) is 15.3. The Bertz CT molecular complexity index is 1030. The number of aliphatic hydroxyl groups excluding tert-OH is 1. The number of carboxylic acid groups (broad SMARTS) is 1. The van der Waals surface area contributed by atoms with Gasteiger partial charge in [0.1, 0.15) is 18.0 Å². The van der Waals surface area contributed by atoms with Crippen molar-refractivity contribution in [2.24, 2.45) is 5.92 Å². The minimum Gasteiger partial charge on any atom is -0.501 e. The number of amides is 1. The number of hydrogen-bond acceptors (Lipinski definition) is 7. The van der Waals surface area contributed by atoms with Crippen LogP contribution in [0.25, 0.3) is 0 Å². The number of ether oxygens (including phenoxy) is 1. The van der Waals surface area contributed by atoms with Crippen LogP contribution in [0.4, 0.5) is 4.79 Å². The van der Waals surface area contributed by atoms with Gasteiger partial charge in [0.15, 0.2) is 5.69 Å². The Morgan fingerprint density at radius 2 is 1.91 bits per heavy atom. The molecule has 0 atom stereocenters. The zero-order chi connectivity index (χ0) is 23.3. The number of benzene rings is 1. The molecule has 1 heterocycles. The second kappa shape index (κ2) is 9.82. The molecule has 0 bridgehead atoms. The van der Waals surface area contributed by atoms with Crippen molar-refractivity contribution in [1.82, 2.24) is 14.9 Å². The summed E-state index contributed by atoms with van der Waals surface area (Å²) in [7, 11) is 0. The highest BCUT2D eigenvalue weighted by atomic mass is 16.5. The smallest absolute Gasteiger partial charge is 0.408 e. The Morgan fingerprint density at radius 1 is 1.25 bits per heavy atom. The molecule has 0 radical (unpaired) electrons. The van der Waals surface area contributed by atoms with Gasteiger partial charge in [0, 0.05) is 13.2 Å². The molecule has 1 aromatic carbocycles. The topological polar surface area (TPSA) is 151 Å². The number of carboxylic acids is 1. The largest absolute Gasteiger partial charge is 0.501 e. The van der Waals surface area contributed by atoms with E-state index in [4.69, 9.17) is 4.74 Å². The van der Waals surface area contributed by atoms with Crippen molar-refractivity contribution in [3.8, 4) is 5.75 Å². The Morgan fingerprint density at radius 3 is 2.47 bits per heavy atom. The van der Waals surface area contributed by atoms with Crippen molar-refractivity contribution in [2.75, 3.05) is 6.61 Å². The van der Waals surface area contributed by atoms with Gasteiger partial charge in [-0.3, -0.25) is 9.36 Å². The van der Waals surface area contributed by atoms with Gasteiger partial charge in [-0.1, -0.05) is 30.3 Å². The number of nitrogens with zero attached hydrogens (tertiary/aromatic N) is 2. The number of nitrogens with one attached hydrogen (secondary N) is 1. The minimum atomic E-state index is -1.55. The van der Waals surface area contributed by atoms with E-state index < -0.39 is 34.6 Å². The number of hydrogen-bond donors (Lipinski definition) is 4. The van der Waals surface area contributed by atoms with Crippen LogP contribution in [0, 0.1) is 5.92 Å². The lowest BCUT2D eigenvalue weighted by molar-refractivity contribution is 0.0682. The predicted octanol–water partition coefficient (Wildman–Crippen LogP) is 1.97. The highest BCUT2D eigenvalue weighted by Gasteiger charge is 2.43. The first-order valence-corrected chi connectivity index (χ1v) is 10.5. The maximum Gasteiger partial charge on any atom is 0.408 e. The molecule has 4 N–H and O–H groups in total. The molecule has 2 aromatic rings. The number of aliphatic hydroxyl groups is 1. The molecular weight excluding hydrogens is 418 g/mol. The lowest BCUT2D eigenvalue weighted by Gasteiger charge is -2.40. The van der Waals surface area contributed by atoms with E-state index in [-0.39, 0.29) is 31.5 Å². The Hall–Kier alpha value is -3.40. The van der Waals surface area contributed by atoms with Gasteiger partial charge < -0.3 is 25.4 Å². The van der Waals surface area contributed by atoms with Gasteiger partial charge in [-0.2, -0.15) is 0 Å². The predicted molar refractivity (Wildman–Crippen MR) is 113 cm³/mol. The summed E-state index contributed by atoms with van der Waals surface area (Å²) in [6.07, 6.45) is 0.943. The van der Waals surface area contributed by atoms with Crippen molar-refractivity contribution < 1.29 is 29.6 Å². The van der Waals surface area contributed by atoms with E-state index in [0.29, 0.717) is 25.7 Å². The number of aromatic nitrogens is 2. The number of aromatic carboxylic acids is 1. The number of alkyl carbamates (subject to hydrolysis) is 1. The Kier molecular flexibility index (Phi) is 7.14. The van der Waals surface area contributed by atoms with Crippen LogP contribution in [-0.4, -0.2) is 43.5 Å². The summed E-state index contributed by atoms with van der Waals surface area (Å²) < 4.78 is 6.52. The van der Waals surface area contributed by atoms with E-state index in [0.717, 1.165) is 5.56 Å². The maximum atomic E-state index is 12.7. The monoisotopic (exact) mass is 445 g/mol. The fraction of sp³-hybridized carbons (Fsp3) is 0.455. The second-order valence-corrected chi connectivity index (χ2v) is 7.88. The Balaban J connectivity index is 1.98. The molecular formula is C22H27N3O7. The van der Waals surface area contributed by atoms with Crippen molar-refractivity contribution in [1.29, 1.82) is 0 Å². The zero-order valence-electron chi connectivity index (χ0n) is 17.8. The fourth-order valence-corrected chi connectivity index (χ4v) is 4.06. The molecule has 1 amide bonds. The molecule has 0 saturated heterocycles. The van der Waals surface area contributed by atoms with E-state index in [1.54, 1.807) is 6.92 Å². The van der Waals surface area contributed by atoms with Gasteiger partial charge in [0.05, 0.1) is 0 Å². The fourth-order valence-electron chi connectivity index (χ4n) is 4.06. The quantitative estimate of drug-likeness (QED) is 0.505. The van der Waals surface area contributed by atoms with Crippen LogP contribution in [0.3, 0.4) is 0 Å². The summed E-state index contributed by atoms with van der Waals surface area (Å²) in [6, 6.07) is 9.11. The van der Waals surface area contributed by atoms with Crippen LogP contribution >= 0.6 is 0 Å². The van der Waals surface area contributed by atoms with E-state index in [2.05, 4.69) is 10.3 Å². The van der Waals surface area contributed by atoms with E-state index in [9.17, 15) is 29.7 Å². The average molecular weight is 445 g/mol. The molecule has 0 aliphatic heterocycles. The summed E-state index contributed by atoms with van der Waals surface area (Å²) in [5.74, 6) is -2.43. The summed E-state index contributed by atoms with van der Waals surface area (Å²) >= 11 is 0. The Labute approximate surface area is 184 Å². The van der Waals surface area contributed by atoms with Crippen LogP contribution in [0.1, 0.15) is 54.5 Å². The van der Waals surface area contributed by atoms with Crippen LogP contribution in [0.15, 0.2) is 35.1 Å². The second-order valence-electron chi connectivity index (χ2n) is 7.88. The number of carbonyl (C=O) groups excluding carboxylic acids is 1. The lowest BCUT2D eigenvalue weighted by Crippen LogP contribution is -2.52. The maximum absolute atomic E-state index is 12.7. The molecule has 10 heteroatoms. The van der Waals surface area contributed by atoms with Crippen LogP contribution in [0.5, 0.6) is 5.75 Å². The van der Waals surface area contributed by atoms with Gasteiger partial charge in [-0.25, -0.2) is 14.6 Å². The third kappa shape index (κ3) is 4.75. The molecule has 32 heavy (non-hydrogen) atoms. The summed E-state index contributed by atoms with van der Waals surface area (Å²) in [5.41, 5.74) is -2.05. The van der Waals surface area contributed by atoms with Crippen molar-refractivity contribution in [2.45, 2.75) is 51.3 Å². The lowest BCUT2D eigenvalue weighted by atomic mass is 9.76. The normalized spacial score (nSPS) is 20.5. The zero-order valence-corrected chi connectivity index (χ0v) is 17.8. The summed E-state index contributed by atoms with van der Waals surface area (Å²) in [6.45, 7) is 1.79. The number of rotatable bonds is 7. The molecule has 1 aliphatic carbocycles. The average Bonchev–Trinajstić information content (AvgIpc) is 2.80. The summed E-state index contributed by atoms with van der Waals surface area (Å²) in [4.78, 5) is 41.1. The van der Waals surface area contributed by atoms with Gasteiger partial charge in [-0.15, -0.1) is 0 Å². The molecule has 10 nitrogen and oxygen atoms in total. The van der Waals surface area contributed by atoms with Crippen molar-refractivity contribution >= 4 is 12.1 Å². The molecule has 172 valence electrons. The highest BCUT2D eigenvalue weighted by Crippen LogP contribution is 2.39.